The average molecular weight is 253 g/mol. The lowest BCUT2D eigenvalue weighted by molar-refractivity contribution is 0.331. The highest BCUT2D eigenvalue weighted by Gasteiger charge is 2.12. The zero-order valence-electron chi connectivity index (χ0n) is 10.7. The second-order valence-electron chi connectivity index (χ2n) is 4.79. The fourth-order valence-corrected chi connectivity index (χ4v) is 2.37. The largest absolute Gasteiger partial charge is 0.299 e. The number of rotatable bonds is 3. The van der Waals surface area contributed by atoms with E-state index in [0.717, 1.165) is 12.2 Å². The van der Waals surface area contributed by atoms with Crippen LogP contribution >= 0.6 is 0 Å². The van der Waals surface area contributed by atoms with Crippen molar-refractivity contribution in [2.75, 3.05) is 13.1 Å². The van der Waals surface area contributed by atoms with Gasteiger partial charge < -0.3 is 0 Å². The summed E-state index contributed by atoms with van der Waals surface area (Å²) in [5, 5.41) is 13.1. The predicted molar refractivity (Wildman–Crippen MR) is 70.6 cm³/mol. The summed E-state index contributed by atoms with van der Waals surface area (Å²) in [5.41, 5.74) is 2.52. The molecule has 1 fully saturated rings. The molecule has 0 aromatic carbocycles. The van der Waals surface area contributed by atoms with Gasteiger partial charge in [-0.3, -0.25) is 4.90 Å². The predicted octanol–water partition coefficient (Wildman–Crippen LogP) is 1.73. The summed E-state index contributed by atoms with van der Waals surface area (Å²) in [7, 11) is 0. The number of likely N-dealkylation sites (tertiary alicyclic amines) is 1. The molecule has 5 heteroatoms. The van der Waals surface area contributed by atoms with E-state index >= 15 is 0 Å². The van der Waals surface area contributed by atoms with Gasteiger partial charge in [-0.05, 0) is 38.1 Å². The summed E-state index contributed by atoms with van der Waals surface area (Å²) in [6.45, 7) is 3.33. The Morgan fingerprint density at radius 3 is 2.74 bits per heavy atom. The first-order chi connectivity index (χ1) is 9.35. The van der Waals surface area contributed by atoms with Gasteiger partial charge in [0.1, 0.15) is 11.8 Å². The second kappa shape index (κ2) is 5.21. The van der Waals surface area contributed by atoms with E-state index in [1.54, 1.807) is 16.9 Å². The average Bonchev–Trinajstić information content (AvgIpc) is 3.11. The van der Waals surface area contributed by atoms with Crippen molar-refractivity contribution >= 4 is 0 Å². The van der Waals surface area contributed by atoms with Crippen LogP contribution in [0.5, 0.6) is 0 Å². The minimum Gasteiger partial charge on any atom is -0.299 e. The van der Waals surface area contributed by atoms with Gasteiger partial charge in [0.05, 0.1) is 18.1 Å². The summed E-state index contributed by atoms with van der Waals surface area (Å²) in [4.78, 5) is 6.50. The zero-order valence-corrected chi connectivity index (χ0v) is 10.7. The van der Waals surface area contributed by atoms with Crippen LogP contribution in [-0.2, 0) is 6.54 Å². The van der Waals surface area contributed by atoms with Gasteiger partial charge in [0.2, 0.25) is 0 Å². The Labute approximate surface area is 112 Å². The Bertz CT molecular complexity index is 587. The molecular formula is C14H15N5. The van der Waals surface area contributed by atoms with Gasteiger partial charge in [0, 0.05) is 18.3 Å². The SMILES string of the molecule is N#Cc1ccc(-n2cc(CN3CCCC3)cn2)cn1. The van der Waals surface area contributed by atoms with Crippen molar-refractivity contribution in [2.24, 2.45) is 0 Å². The minimum atomic E-state index is 0.424. The standard InChI is InChI=1S/C14H15N5/c15-7-13-3-4-14(9-16-13)19-11-12(8-17-19)10-18-5-1-2-6-18/h3-4,8-9,11H,1-2,5-6,10H2. The van der Waals surface area contributed by atoms with Crippen molar-refractivity contribution in [3.05, 3.63) is 42.0 Å². The van der Waals surface area contributed by atoms with Gasteiger partial charge in [-0.25, -0.2) is 9.67 Å². The lowest BCUT2D eigenvalue weighted by Gasteiger charge is -2.12. The monoisotopic (exact) mass is 253 g/mol. The molecule has 1 saturated heterocycles. The van der Waals surface area contributed by atoms with Gasteiger partial charge in [0.25, 0.3) is 0 Å². The van der Waals surface area contributed by atoms with Crippen LogP contribution in [0.1, 0.15) is 24.1 Å². The van der Waals surface area contributed by atoms with Gasteiger partial charge in [-0.2, -0.15) is 10.4 Å². The van der Waals surface area contributed by atoms with E-state index in [4.69, 9.17) is 5.26 Å². The second-order valence-corrected chi connectivity index (χ2v) is 4.79. The molecule has 1 aliphatic heterocycles. The van der Waals surface area contributed by atoms with Gasteiger partial charge in [-0.1, -0.05) is 0 Å². The van der Waals surface area contributed by atoms with Gasteiger partial charge >= 0.3 is 0 Å². The van der Waals surface area contributed by atoms with E-state index in [9.17, 15) is 0 Å². The third kappa shape index (κ3) is 2.64. The summed E-state index contributed by atoms with van der Waals surface area (Å²) in [6, 6.07) is 5.58. The summed E-state index contributed by atoms with van der Waals surface area (Å²) in [5.74, 6) is 0. The Hall–Kier alpha value is -2.19. The van der Waals surface area contributed by atoms with E-state index in [1.165, 1.54) is 31.5 Å². The van der Waals surface area contributed by atoms with Crippen molar-refractivity contribution < 1.29 is 0 Å². The van der Waals surface area contributed by atoms with Crippen LogP contribution < -0.4 is 0 Å². The maximum atomic E-state index is 8.72. The molecule has 0 N–H and O–H groups in total. The highest BCUT2D eigenvalue weighted by atomic mass is 15.3. The van der Waals surface area contributed by atoms with E-state index in [-0.39, 0.29) is 0 Å². The summed E-state index contributed by atoms with van der Waals surface area (Å²) < 4.78 is 1.81. The molecule has 3 rings (SSSR count). The fourth-order valence-electron chi connectivity index (χ4n) is 2.37. The van der Waals surface area contributed by atoms with E-state index in [0.29, 0.717) is 5.69 Å². The number of pyridine rings is 1. The van der Waals surface area contributed by atoms with E-state index in [1.807, 2.05) is 24.5 Å². The van der Waals surface area contributed by atoms with Crippen molar-refractivity contribution in [3.63, 3.8) is 0 Å². The highest BCUT2D eigenvalue weighted by molar-refractivity contribution is 5.32. The van der Waals surface area contributed by atoms with Crippen LogP contribution in [0.4, 0.5) is 0 Å². The lowest BCUT2D eigenvalue weighted by Crippen LogP contribution is -2.17. The van der Waals surface area contributed by atoms with Crippen LogP contribution in [0, 0.1) is 11.3 Å². The van der Waals surface area contributed by atoms with Gasteiger partial charge in [-0.15, -0.1) is 0 Å². The Balaban J connectivity index is 1.74. The molecule has 0 amide bonds. The molecule has 2 aromatic rings. The van der Waals surface area contributed by atoms with Crippen molar-refractivity contribution in [2.45, 2.75) is 19.4 Å². The number of hydrogen-bond donors (Lipinski definition) is 0. The van der Waals surface area contributed by atoms with E-state index < -0.39 is 0 Å². The van der Waals surface area contributed by atoms with Crippen LogP contribution in [0.25, 0.3) is 5.69 Å². The van der Waals surface area contributed by atoms with Crippen LogP contribution in [0.2, 0.25) is 0 Å². The van der Waals surface area contributed by atoms with E-state index in [2.05, 4.69) is 15.0 Å². The quantitative estimate of drug-likeness (QED) is 0.836. The highest BCUT2D eigenvalue weighted by Crippen LogP contribution is 2.13. The molecule has 5 nitrogen and oxygen atoms in total. The minimum absolute atomic E-state index is 0.424. The number of hydrogen-bond acceptors (Lipinski definition) is 4. The first-order valence-corrected chi connectivity index (χ1v) is 6.47. The summed E-state index contributed by atoms with van der Waals surface area (Å²) in [6.07, 6.45) is 8.20. The summed E-state index contributed by atoms with van der Waals surface area (Å²) >= 11 is 0. The fraction of sp³-hybridized carbons (Fsp3) is 0.357. The molecule has 0 radical (unpaired) electrons. The third-order valence-electron chi connectivity index (χ3n) is 3.37. The molecule has 2 aromatic heterocycles. The number of aromatic nitrogens is 3. The van der Waals surface area contributed by atoms with Crippen LogP contribution in [0.15, 0.2) is 30.7 Å². The molecule has 19 heavy (non-hydrogen) atoms. The lowest BCUT2D eigenvalue weighted by atomic mass is 10.3. The van der Waals surface area contributed by atoms with Crippen molar-refractivity contribution in [1.82, 2.24) is 19.7 Å². The molecule has 3 heterocycles. The third-order valence-corrected chi connectivity index (χ3v) is 3.37. The Morgan fingerprint density at radius 1 is 1.21 bits per heavy atom. The first kappa shape index (κ1) is 11.9. The smallest absolute Gasteiger partial charge is 0.140 e. The Morgan fingerprint density at radius 2 is 2.05 bits per heavy atom. The molecule has 0 aliphatic carbocycles. The molecule has 0 spiro atoms. The maximum absolute atomic E-state index is 8.72. The zero-order chi connectivity index (χ0) is 13.1. The normalized spacial score (nSPS) is 15.5. The molecule has 0 atom stereocenters. The molecular weight excluding hydrogens is 238 g/mol. The maximum Gasteiger partial charge on any atom is 0.140 e. The molecule has 0 saturated carbocycles. The van der Waals surface area contributed by atoms with Crippen molar-refractivity contribution in [1.29, 1.82) is 5.26 Å². The topological polar surface area (TPSA) is 57.7 Å². The van der Waals surface area contributed by atoms with Gasteiger partial charge in [0.15, 0.2) is 0 Å². The van der Waals surface area contributed by atoms with Crippen LogP contribution in [0.3, 0.4) is 0 Å². The number of nitriles is 1. The number of nitrogens with zero attached hydrogens (tertiary/aromatic N) is 5. The Kier molecular flexibility index (Phi) is 3.25. The molecule has 96 valence electrons. The van der Waals surface area contributed by atoms with Crippen molar-refractivity contribution in [3.8, 4) is 11.8 Å². The molecule has 0 unspecified atom stereocenters. The van der Waals surface area contributed by atoms with Crippen LogP contribution in [-0.4, -0.2) is 32.8 Å². The first-order valence-electron chi connectivity index (χ1n) is 6.47. The molecule has 0 bridgehead atoms. The molecule has 1 aliphatic rings.